The summed E-state index contributed by atoms with van der Waals surface area (Å²) in [5.41, 5.74) is 10.9. The fourth-order valence-corrected chi connectivity index (χ4v) is 11.9. The molecule has 0 bridgehead atoms. The van der Waals surface area contributed by atoms with Crippen molar-refractivity contribution in [2.45, 2.75) is 0 Å². The normalized spacial score (nSPS) is 12.1. The van der Waals surface area contributed by atoms with E-state index in [0.717, 1.165) is 66.1 Å². The first kappa shape index (κ1) is 37.3. The lowest BCUT2D eigenvalue weighted by Crippen LogP contribution is -2.06. The van der Waals surface area contributed by atoms with E-state index in [-0.39, 0.29) is 0 Å². The Balaban J connectivity index is 0.946. The summed E-state index contributed by atoms with van der Waals surface area (Å²) in [4.78, 5) is 16.0. The summed E-state index contributed by atoms with van der Waals surface area (Å²) >= 11 is 1.88. The van der Waals surface area contributed by atoms with Gasteiger partial charge < -0.3 is 9.13 Å². The smallest absolute Gasteiger partial charge is 0.238 e. The third kappa shape index (κ3) is 5.48. The molecule has 0 unspecified atom stereocenters. The Kier molecular flexibility index (Phi) is 7.85. The SMILES string of the molecule is c1ccc2cc(-c3nc(-c4ccc5ccccc5c4)nc(-n4c5ccccc5c5c4c4ccccc4n5-c4ccc5cc(-n6c7ccccc7c7sc8ccccc8c76)ccc5c4)n3)ccc2c1. The molecule has 316 valence electrons. The number of rotatable bonds is 5. The largest absolute Gasteiger partial charge is 0.308 e. The summed E-state index contributed by atoms with van der Waals surface area (Å²) in [7, 11) is 0. The molecule has 0 saturated heterocycles. The molecule has 0 fully saturated rings. The summed E-state index contributed by atoms with van der Waals surface area (Å²) in [6, 6.07) is 78.5. The molecule has 0 amide bonds. The van der Waals surface area contributed by atoms with Gasteiger partial charge in [-0.15, -0.1) is 11.3 Å². The molecular formula is C61H36N6S. The fraction of sp³-hybridized carbons (Fsp3) is 0. The molecule has 6 nitrogen and oxygen atoms in total. The Morgan fingerprint density at radius 2 is 0.735 bits per heavy atom. The van der Waals surface area contributed by atoms with Crippen LogP contribution in [0.1, 0.15) is 0 Å². The molecule has 0 saturated carbocycles. The van der Waals surface area contributed by atoms with Crippen LogP contribution in [-0.4, -0.2) is 28.7 Å². The minimum atomic E-state index is 0.566. The molecule has 0 atom stereocenters. The maximum absolute atomic E-state index is 5.38. The van der Waals surface area contributed by atoms with E-state index in [4.69, 9.17) is 15.0 Å². The topological polar surface area (TPSA) is 53.5 Å². The maximum Gasteiger partial charge on any atom is 0.238 e. The van der Waals surface area contributed by atoms with Gasteiger partial charge in [0.15, 0.2) is 11.6 Å². The van der Waals surface area contributed by atoms with Crippen LogP contribution in [0.25, 0.3) is 136 Å². The van der Waals surface area contributed by atoms with Crippen molar-refractivity contribution < 1.29 is 0 Å². The van der Waals surface area contributed by atoms with Crippen molar-refractivity contribution in [2.24, 2.45) is 0 Å². The first-order valence-electron chi connectivity index (χ1n) is 22.9. The van der Waals surface area contributed by atoms with Crippen LogP contribution in [0, 0.1) is 0 Å². The second-order valence-corrected chi connectivity index (χ2v) is 18.7. The summed E-state index contributed by atoms with van der Waals surface area (Å²) in [6.45, 7) is 0. The molecule has 10 aromatic carbocycles. The zero-order chi connectivity index (χ0) is 44.5. The van der Waals surface area contributed by atoms with Crippen molar-refractivity contribution in [3.8, 4) is 40.1 Å². The number of fused-ring (bicyclic) bond motifs is 13. The summed E-state index contributed by atoms with van der Waals surface area (Å²) in [6.07, 6.45) is 0. The maximum atomic E-state index is 5.38. The van der Waals surface area contributed by atoms with Crippen molar-refractivity contribution in [2.75, 3.05) is 0 Å². The zero-order valence-corrected chi connectivity index (χ0v) is 37.2. The predicted octanol–water partition coefficient (Wildman–Crippen LogP) is 16.0. The third-order valence-corrected chi connectivity index (χ3v) is 15.0. The van der Waals surface area contributed by atoms with E-state index in [1.165, 1.54) is 52.8 Å². The van der Waals surface area contributed by atoms with E-state index >= 15 is 0 Å². The molecule has 0 N–H and O–H groups in total. The first-order chi connectivity index (χ1) is 33.7. The standard InChI is InChI=1S/C61H36N6S/c1-3-15-39-33-43(27-25-37(39)13-1)59-62-60(44-28-26-38-14-2-4-16-40(38)34-44)64-61(63-59)67-52-22-10-6-18-48(52)55-56(67)47-17-5-9-21-51(47)65(55)45-31-29-42-36-46(32-30-41(42)35-45)66-53-23-11-7-19-49(53)58-57(66)50-20-8-12-24-54(50)68-58/h1-36H. The van der Waals surface area contributed by atoms with Crippen LogP contribution in [-0.2, 0) is 0 Å². The Morgan fingerprint density at radius 1 is 0.309 bits per heavy atom. The van der Waals surface area contributed by atoms with Gasteiger partial charge in [-0.3, -0.25) is 4.57 Å². The van der Waals surface area contributed by atoms with E-state index in [1.807, 2.05) is 11.3 Å². The van der Waals surface area contributed by atoms with Gasteiger partial charge in [-0.05, 0) is 93.0 Å². The number of aromatic nitrogens is 6. The summed E-state index contributed by atoms with van der Waals surface area (Å²) < 4.78 is 9.76. The van der Waals surface area contributed by atoms with Gasteiger partial charge in [0, 0.05) is 48.7 Å². The Bertz CT molecular complexity index is 4480. The monoisotopic (exact) mass is 884 g/mol. The number of benzene rings is 10. The van der Waals surface area contributed by atoms with Crippen molar-refractivity contribution in [3.63, 3.8) is 0 Å². The number of para-hydroxylation sites is 3. The highest BCUT2D eigenvalue weighted by Crippen LogP contribution is 2.44. The molecule has 5 heterocycles. The van der Waals surface area contributed by atoms with E-state index in [2.05, 4.69) is 232 Å². The Morgan fingerprint density at radius 3 is 1.34 bits per heavy atom. The molecule has 0 spiro atoms. The Hall–Kier alpha value is -8.91. The van der Waals surface area contributed by atoms with Gasteiger partial charge in [0.2, 0.25) is 5.95 Å². The van der Waals surface area contributed by atoms with E-state index in [1.54, 1.807) is 0 Å². The highest BCUT2D eigenvalue weighted by atomic mass is 32.1. The highest BCUT2D eigenvalue weighted by molar-refractivity contribution is 7.26. The van der Waals surface area contributed by atoms with E-state index in [0.29, 0.717) is 17.6 Å². The highest BCUT2D eigenvalue weighted by Gasteiger charge is 2.25. The van der Waals surface area contributed by atoms with Gasteiger partial charge in [-0.25, -0.2) is 4.98 Å². The quantitative estimate of drug-likeness (QED) is 0.173. The lowest BCUT2D eigenvalue weighted by molar-refractivity contribution is 0.955. The van der Waals surface area contributed by atoms with Gasteiger partial charge >= 0.3 is 0 Å². The summed E-state index contributed by atoms with van der Waals surface area (Å²) in [5, 5.41) is 11.7. The van der Waals surface area contributed by atoms with Crippen LogP contribution in [0.4, 0.5) is 0 Å². The van der Waals surface area contributed by atoms with Crippen LogP contribution in [0.5, 0.6) is 0 Å². The zero-order valence-electron chi connectivity index (χ0n) is 36.4. The van der Waals surface area contributed by atoms with Gasteiger partial charge in [0.05, 0.1) is 37.8 Å². The third-order valence-electron chi connectivity index (χ3n) is 13.8. The lowest BCUT2D eigenvalue weighted by Gasteiger charge is -2.12. The van der Waals surface area contributed by atoms with Crippen LogP contribution >= 0.6 is 11.3 Å². The van der Waals surface area contributed by atoms with Crippen LogP contribution in [0.15, 0.2) is 218 Å². The molecule has 15 aromatic rings. The van der Waals surface area contributed by atoms with Crippen LogP contribution in [0.2, 0.25) is 0 Å². The number of hydrogen-bond acceptors (Lipinski definition) is 4. The molecule has 68 heavy (non-hydrogen) atoms. The van der Waals surface area contributed by atoms with Gasteiger partial charge in [0.1, 0.15) is 0 Å². The molecule has 15 rings (SSSR count). The predicted molar refractivity (Wildman–Crippen MR) is 284 cm³/mol. The summed E-state index contributed by atoms with van der Waals surface area (Å²) in [5.74, 6) is 1.80. The van der Waals surface area contributed by atoms with Crippen LogP contribution < -0.4 is 0 Å². The van der Waals surface area contributed by atoms with Crippen molar-refractivity contribution in [1.29, 1.82) is 0 Å². The van der Waals surface area contributed by atoms with E-state index < -0.39 is 0 Å². The molecule has 7 heteroatoms. The minimum absolute atomic E-state index is 0.566. The average Bonchev–Trinajstić information content (AvgIpc) is 4.14. The molecule has 0 aliphatic rings. The number of hydrogen-bond donors (Lipinski definition) is 0. The van der Waals surface area contributed by atoms with Crippen LogP contribution in [0.3, 0.4) is 0 Å². The molecular weight excluding hydrogens is 849 g/mol. The molecule has 5 aromatic heterocycles. The van der Waals surface area contributed by atoms with Gasteiger partial charge in [-0.1, -0.05) is 158 Å². The van der Waals surface area contributed by atoms with Gasteiger partial charge in [-0.2, -0.15) is 9.97 Å². The number of nitrogens with zero attached hydrogens (tertiary/aromatic N) is 6. The van der Waals surface area contributed by atoms with Gasteiger partial charge in [0.25, 0.3) is 0 Å². The average molecular weight is 885 g/mol. The Labute approximate surface area is 392 Å². The van der Waals surface area contributed by atoms with Crippen molar-refractivity contribution in [1.82, 2.24) is 28.7 Å². The molecule has 0 aliphatic heterocycles. The first-order valence-corrected chi connectivity index (χ1v) is 23.7. The molecule has 0 radical (unpaired) electrons. The second-order valence-electron chi connectivity index (χ2n) is 17.7. The molecule has 0 aliphatic carbocycles. The fourth-order valence-electron chi connectivity index (χ4n) is 10.7. The van der Waals surface area contributed by atoms with Crippen molar-refractivity contribution >= 4 is 108 Å². The minimum Gasteiger partial charge on any atom is -0.308 e. The lowest BCUT2D eigenvalue weighted by atomic mass is 10.1. The number of thiophene rings is 1. The second kappa shape index (κ2) is 14.3. The van der Waals surface area contributed by atoms with E-state index in [9.17, 15) is 0 Å². The van der Waals surface area contributed by atoms with Crippen molar-refractivity contribution in [3.05, 3.63) is 218 Å².